The van der Waals surface area contributed by atoms with Gasteiger partial charge in [0.2, 0.25) is 0 Å². The summed E-state index contributed by atoms with van der Waals surface area (Å²) in [6, 6.07) is 0.114. The van der Waals surface area contributed by atoms with Gasteiger partial charge in [0.15, 0.2) is 11.2 Å². The van der Waals surface area contributed by atoms with E-state index >= 15 is 0 Å². The van der Waals surface area contributed by atoms with Crippen molar-refractivity contribution in [2.75, 3.05) is 26.8 Å². The topological polar surface area (TPSA) is 81.0 Å². The number of halogens is 5. The highest BCUT2D eigenvalue weighted by molar-refractivity contribution is 5.76. The molecule has 182 valence electrons. The average Bonchev–Trinajstić information content (AvgIpc) is 3.40. The number of carbonyl (C=O) groups is 1. The minimum absolute atomic E-state index is 0.0423. The van der Waals surface area contributed by atoms with Crippen molar-refractivity contribution in [2.45, 2.75) is 56.0 Å². The van der Waals surface area contributed by atoms with Gasteiger partial charge in [-0.2, -0.15) is 18.3 Å². The summed E-state index contributed by atoms with van der Waals surface area (Å²) < 4.78 is 79.1. The van der Waals surface area contributed by atoms with Crippen molar-refractivity contribution in [1.29, 1.82) is 0 Å². The fourth-order valence-electron chi connectivity index (χ4n) is 3.98. The molecule has 1 saturated carbocycles. The molecule has 1 aliphatic carbocycles. The van der Waals surface area contributed by atoms with E-state index in [1.54, 1.807) is 19.2 Å². The largest absolute Gasteiger partial charge is 0.417 e. The van der Waals surface area contributed by atoms with Crippen LogP contribution in [0.3, 0.4) is 0 Å². The number of rotatable bonds is 8. The molecule has 3 heterocycles. The molecule has 0 bridgehead atoms. The van der Waals surface area contributed by atoms with Crippen molar-refractivity contribution >= 4 is 11.7 Å². The normalized spacial score (nSPS) is 21.7. The summed E-state index contributed by atoms with van der Waals surface area (Å²) in [5.41, 5.74) is -0.804. The van der Waals surface area contributed by atoms with Crippen LogP contribution in [0.5, 0.6) is 0 Å². The van der Waals surface area contributed by atoms with E-state index in [1.165, 1.54) is 17.8 Å². The maximum Gasteiger partial charge on any atom is 0.417 e. The van der Waals surface area contributed by atoms with Gasteiger partial charge in [-0.25, -0.2) is 23.1 Å². The molecule has 4 rings (SSSR count). The Morgan fingerprint density at radius 1 is 1.30 bits per heavy atom. The maximum atomic E-state index is 13.9. The van der Waals surface area contributed by atoms with E-state index < -0.39 is 49.0 Å². The molecular formula is C20H24F5N5O3. The summed E-state index contributed by atoms with van der Waals surface area (Å²) in [5, 5.41) is 6.40. The van der Waals surface area contributed by atoms with Gasteiger partial charge in [-0.05, 0) is 25.8 Å². The van der Waals surface area contributed by atoms with E-state index in [2.05, 4.69) is 15.4 Å². The van der Waals surface area contributed by atoms with E-state index in [0.717, 1.165) is 4.90 Å². The highest BCUT2D eigenvalue weighted by Crippen LogP contribution is 2.52. The number of aromatic nitrogens is 3. The third-order valence-corrected chi connectivity index (χ3v) is 5.78. The van der Waals surface area contributed by atoms with Gasteiger partial charge in [-0.3, -0.25) is 0 Å². The van der Waals surface area contributed by atoms with Gasteiger partial charge in [0, 0.05) is 19.1 Å². The van der Waals surface area contributed by atoms with Gasteiger partial charge < -0.3 is 19.7 Å². The van der Waals surface area contributed by atoms with E-state index in [1.807, 2.05) is 0 Å². The van der Waals surface area contributed by atoms with Crippen molar-refractivity contribution in [1.82, 2.24) is 24.8 Å². The van der Waals surface area contributed by atoms with E-state index in [-0.39, 0.29) is 25.9 Å². The zero-order valence-corrected chi connectivity index (χ0v) is 18.0. The lowest BCUT2D eigenvalue weighted by molar-refractivity contribution is -0.246. The summed E-state index contributed by atoms with van der Waals surface area (Å²) in [6.07, 6.45) is -2.12. The Morgan fingerprint density at radius 2 is 2.03 bits per heavy atom. The van der Waals surface area contributed by atoms with Crippen LogP contribution in [0.15, 0.2) is 18.5 Å². The third-order valence-electron chi connectivity index (χ3n) is 5.78. The number of imidazole rings is 1. The standard InChI is InChI=1S/C20H24F5N5O3/c1-12(33-18(3-4-18)20(23,24)25)5-14-8-30-16(28-14)6-13(7-27-30)15(9-32-2)29-11-19(21,22)10-26-17(29)31/h6-8,12,15H,3-5,9-11H2,1-2H3,(H,26,31)/t12-,15+/m0/s1. The summed E-state index contributed by atoms with van der Waals surface area (Å²) in [4.78, 5) is 17.6. The number of urea groups is 1. The van der Waals surface area contributed by atoms with Gasteiger partial charge in [0.25, 0.3) is 5.92 Å². The quantitative estimate of drug-likeness (QED) is 0.591. The fourth-order valence-corrected chi connectivity index (χ4v) is 3.98. The van der Waals surface area contributed by atoms with Crippen LogP contribution >= 0.6 is 0 Å². The molecule has 0 aromatic carbocycles. The molecule has 2 aromatic rings. The minimum Gasteiger partial charge on any atom is -0.382 e. The van der Waals surface area contributed by atoms with Crippen molar-refractivity contribution < 1.29 is 36.2 Å². The van der Waals surface area contributed by atoms with E-state index in [4.69, 9.17) is 9.47 Å². The van der Waals surface area contributed by atoms with Gasteiger partial charge in [0.1, 0.15) is 0 Å². The molecule has 1 aliphatic heterocycles. The Hall–Kier alpha value is -2.54. The zero-order chi connectivity index (χ0) is 24.0. The number of ether oxygens (including phenoxy) is 2. The molecule has 2 aliphatic rings. The Morgan fingerprint density at radius 3 is 2.67 bits per heavy atom. The second-order valence-electron chi connectivity index (χ2n) is 8.56. The number of hydrogen-bond acceptors (Lipinski definition) is 5. The minimum atomic E-state index is -4.41. The van der Waals surface area contributed by atoms with E-state index in [9.17, 15) is 26.7 Å². The number of nitrogens with zero attached hydrogens (tertiary/aromatic N) is 4. The first-order valence-electron chi connectivity index (χ1n) is 10.4. The molecule has 33 heavy (non-hydrogen) atoms. The van der Waals surface area contributed by atoms with E-state index in [0.29, 0.717) is 16.9 Å². The fraction of sp³-hybridized carbons (Fsp3) is 0.650. The summed E-state index contributed by atoms with van der Waals surface area (Å²) >= 11 is 0. The van der Waals surface area contributed by atoms with Crippen LogP contribution in [0.2, 0.25) is 0 Å². The summed E-state index contributed by atoms with van der Waals surface area (Å²) in [6.45, 7) is 0.00409. The van der Waals surface area contributed by atoms with Gasteiger partial charge in [-0.15, -0.1) is 0 Å². The third kappa shape index (κ3) is 4.88. The molecule has 0 unspecified atom stereocenters. The number of carbonyl (C=O) groups excluding carboxylic acids is 1. The van der Waals surface area contributed by atoms with Crippen molar-refractivity contribution in [3.8, 4) is 0 Å². The zero-order valence-electron chi connectivity index (χ0n) is 18.0. The number of hydrogen-bond donors (Lipinski definition) is 1. The Balaban J connectivity index is 1.52. The number of fused-ring (bicyclic) bond motifs is 1. The lowest BCUT2D eigenvalue weighted by Crippen LogP contribution is -2.58. The van der Waals surface area contributed by atoms with Gasteiger partial charge in [0.05, 0.1) is 49.9 Å². The molecular weight excluding hydrogens is 453 g/mol. The lowest BCUT2D eigenvalue weighted by atomic mass is 10.1. The Kier molecular flexibility index (Phi) is 5.97. The first-order valence-corrected chi connectivity index (χ1v) is 10.4. The molecule has 2 atom stereocenters. The van der Waals surface area contributed by atoms with Crippen LogP contribution in [0.4, 0.5) is 26.7 Å². The lowest BCUT2D eigenvalue weighted by Gasteiger charge is -2.38. The molecule has 2 aromatic heterocycles. The summed E-state index contributed by atoms with van der Waals surface area (Å²) in [7, 11) is 1.39. The first kappa shape index (κ1) is 23.6. The molecule has 13 heteroatoms. The Bertz CT molecular complexity index is 1020. The van der Waals surface area contributed by atoms with Gasteiger partial charge >= 0.3 is 12.2 Å². The second kappa shape index (κ2) is 8.35. The van der Waals surface area contributed by atoms with Crippen LogP contribution in [0.25, 0.3) is 5.65 Å². The maximum absolute atomic E-state index is 13.9. The van der Waals surface area contributed by atoms with Crippen molar-refractivity contribution in [2.24, 2.45) is 0 Å². The van der Waals surface area contributed by atoms with Crippen LogP contribution in [-0.2, 0) is 15.9 Å². The first-order chi connectivity index (χ1) is 15.4. The SMILES string of the molecule is COC[C@H](c1cnn2cc(C[C@H](C)OC3(C(F)(F)F)CC3)nc2c1)N1CC(F)(F)CNC1=O. The number of amides is 2. The predicted molar refractivity (Wildman–Crippen MR) is 105 cm³/mol. The van der Waals surface area contributed by atoms with Crippen LogP contribution < -0.4 is 5.32 Å². The molecule has 2 fully saturated rings. The smallest absolute Gasteiger partial charge is 0.382 e. The van der Waals surface area contributed by atoms with Crippen LogP contribution in [0.1, 0.15) is 37.1 Å². The molecule has 0 spiro atoms. The highest BCUT2D eigenvalue weighted by Gasteiger charge is 2.65. The number of alkyl halides is 5. The highest BCUT2D eigenvalue weighted by atomic mass is 19.4. The number of methoxy groups -OCH3 is 1. The molecule has 8 nitrogen and oxygen atoms in total. The van der Waals surface area contributed by atoms with Crippen molar-refractivity contribution in [3.05, 3.63) is 29.7 Å². The summed E-state index contributed by atoms with van der Waals surface area (Å²) in [5.74, 6) is -3.09. The molecule has 1 N–H and O–H groups in total. The molecule has 0 radical (unpaired) electrons. The Labute approximate surface area is 186 Å². The van der Waals surface area contributed by atoms with Crippen LogP contribution in [-0.4, -0.2) is 76.1 Å². The second-order valence-corrected chi connectivity index (χ2v) is 8.56. The molecule has 1 saturated heterocycles. The average molecular weight is 477 g/mol. The van der Waals surface area contributed by atoms with Gasteiger partial charge in [-0.1, -0.05) is 0 Å². The predicted octanol–water partition coefficient (Wildman–Crippen LogP) is 3.12. The molecule has 2 amide bonds. The van der Waals surface area contributed by atoms with Crippen molar-refractivity contribution in [3.63, 3.8) is 0 Å². The number of nitrogens with one attached hydrogen (secondary N) is 1. The van der Waals surface area contributed by atoms with Crippen LogP contribution in [0, 0.1) is 0 Å². The monoisotopic (exact) mass is 477 g/mol.